The molecule has 0 bridgehead atoms. The maximum absolute atomic E-state index is 13.3. The van der Waals surface area contributed by atoms with E-state index in [-0.39, 0.29) is 5.54 Å². The van der Waals surface area contributed by atoms with Gasteiger partial charge < -0.3 is 5.32 Å². The van der Waals surface area contributed by atoms with Crippen molar-refractivity contribution >= 4 is 0 Å². The van der Waals surface area contributed by atoms with Crippen LogP contribution in [0.25, 0.3) is 0 Å². The van der Waals surface area contributed by atoms with Gasteiger partial charge in [0, 0.05) is 37.8 Å². The molecular formula is C13H18F2N2. The SMILES string of the molecule is CC(C)(c1cc(F)cc(F)c1)N1CCNCC1. The van der Waals surface area contributed by atoms with Gasteiger partial charge in [-0.05, 0) is 31.5 Å². The minimum absolute atomic E-state index is 0.342. The molecule has 0 aromatic heterocycles. The van der Waals surface area contributed by atoms with Crippen LogP contribution in [0.4, 0.5) is 8.78 Å². The molecule has 2 nitrogen and oxygen atoms in total. The van der Waals surface area contributed by atoms with Crippen LogP contribution in [0.2, 0.25) is 0 Å². The molecule has 1 N–H and O–H groups in total. The summed E-state index contributed by atoms with van der Waals surface area (Å²) in [6.45, 7) is 7.64. The van der Waals surface area contributed by atoms with Gasteiger partial charge in [0.2, 0.25) is 0 Å². The summed E-state index contributed by atoms with van der Waals surface area (Å²) in [5, 5.41) is 3.27. The molecule has 1 aliphatic rings. The lowest BCUT2D eigenvalue weighted by Crippen LogP contribution is -2.51. The Morgan fingerprint density at radius 3 is 2.12 bits per heavy atom. The van der Waals surface area contributed by atoms with Crippen molar-refractivity contribution < 1.29 is 8.78 Å². The molecule has 0 radical (unpaired) electrons. The molecule has 0 atom stereocenters. The number of hydrogen-bond donors (Lipinski definition) is 1. The van der Waals surface area contributed by atoms with Gasteiger partial charge in [-0.15, -0.1) is 0 Å². The first-order valence-electron chi connectivity index (χ1n) is 5.92. The molecule has 0 spiro atoms. The van der Waals surface area contributed by atoms with Crippen molar-refractivity contribution in [2.24, 2.45) is 0 Å². The first-order chi connectivity index (χ1) is 8.00. The summed E-state index contributed by atoms with van der Waals surface area (Å²) < 4.78 is 26.5. The molecule has 4 heteroatoms. The van der Waals surface area contributed by atoms with Crippen LogP contribution in [-0.2, 0) is 5.54 Å². The maximum atomic E-state index is 13.3. The minimum atomic E-state index is -0.511. The number of nitrogens with one attached hydrogen (secondary N) is 1. The summed E-state index contributed by atoms with van der Waals surface area (Å²) in [7, 11) is 0. The second kappa shape index (κ2) is 4.70. The van der Waals surface area contributed by atoms with Crippen LogP contribution in [0.3, 0.4) is 0 Å². The molecule has 1 saturated heterocycles. The normalized spacial score (nSPS) is 18.4. The fourth-order valence-electron chi connectivity index (χ4n) is 2.31. The molecule has 0 aliphatic carbocycles. The highest BCUT2D eigenvalue weighted by Crippen LogP contribution is 2.29. The molecule has 1 fully saturated rings. The third-order valence-electron chi connectivity index (χ3n) is 3.48. The second-order valence-corrected chi connectivity index (χ2v) is 4.95. The third-order valence-corrected chi connectivity index (χ3v) is 3.48. The number of piperazine rings is 1. The van der Waals surface area contributed by atoms with Gasteiger partial charge in [0.25, 0.3) is 0 Å². The molecule has 2 rings (SSSR count). The molecule has 1 aromatic rings. The summed E-state index contributed by atoms with van der Waals surface area (Å²) >= 11 is 0. The number of benzene rings is 1. The molecule has 0 unspecified atom stereocenters. The van der Waals surface area contributed by atoms with Gasteiger partial charge in [-0.1, -0.05) is 0 Å². The van der Waals surface area contributed by atoms with Crippen molar-refractivity contribution in [2.45, 2.75) is 19.4 Å². The molecular weight excluding hydrogens is 222 g/mol. The summed E-state index contributed by atoms with van der Waals surface area (Å²) in [5.74, 6) is -1.02. The maximum Gasteiger partial charge on any atom is 0.126 e. The lowest BCUT2D eigenvalue weighted by Gasteiger charge is -2.41. The highest BCUT2D eigenvalue weighted by Gasteiger charge is 2.30. The van der Waals surface area contributed by atoms with Crippen LogP contribution in [0.15, 0.2) is 18.2 Å². The number of nitrogens with zero attached hydrogens (tertiary/aromatic N) is 1. The van der Waals surface area contributed by atoms with E-state index >= 15 is 0 Å². The van der Waals surface area contributed by atoms with Crippen LogP contribution < -0.4 is 5.32 Å². The fraction of sp³-hybridized carbons (Fsp3) is 0.538. The Bertz CT molecular complexity index is 378. The highest BCUT2D eigenvalue weighted by molar-refractivity contribution is 5.25. The van der Waals surface area contributed by atoms with Gasteiger partial charge in [0.15, 0.2) is 0 Å². The van der Waals surface area contributed by atoms with E-state index in [1.54, 1.807) is 0 Å². The van der Waals surface area contributed by atoms with Crippen LogP contribution in [0.5, 0.6) is 0 Å². The number of hydrogen-bond acceptors (Lipinski definition) is 2. The molecule has 0 saturated carbocycles. The van der Waals surface area contributed by atoms with Crippen molar-refractivity contribution in [3.05, 3.63) is 35.4 Å². The molecule has 0 amide bonds. The Morgan fingerprint density at radius 1 is 1.06 bits per heavy atom. The summed E-state index contributed by atoms with van der Waals surface area (Å²) in [4.78, 5) is 2.25. The second-order valence-electron chi connectivity index (χ2n) is 4.95. The Labute approximate surface area is 101 Å². The van der Waals surface area contributed by atoms with E-state index in [1.165, 1.54) is 12.1 Å². The standard InChI is InChI=1S/C13H18F2N2/c1-13(2,17-5-3-16-4-6-17)10-7-11(14)9-12(15)8-10/h7-9,16H,3-6H2,1-2H3. The van der Waals surface area contributed by atoms with E-state index in [0.29, 0.717) is 5.56 Å². The summed E-state index contributed by atoms with van der Waals surface area (Å²) in [6, 6.07) is 3.76. The van der Waals surface area contributed by atoms with E-state index in [4.69, 9.17) is 0 Å². The topological polar surface area (TPSA) is 15.3 Å². The molecule has 1 heterocycles. The lowest BCUT2D eigenvalue weighted by atomic mass is 9.91. The summed E-state index contributed by atoms with van der Waals surface area (Å²) in [5.41, 5.74) is 0.349. The van der Waals surface area contributed by atoms with Gasteiger partial charge in [0.05, 0.1) is 0 Å². The van der Waals surface area contributed by atoms with Crippen molar-refractivity contribution in [3.8, 4) is 0 Å². The average molecular weight is 240 g/mol. The van der Waals surface area contributed by atoms with Gasteiger partial charge >= 0.3 is 0 Å². The predicted octanol–water partition coefficient (Wildman–Crippen LogP) is 2.11. The van der Waals surface area contributed by atoms with Crippen LogP contribution in [0.1, 0.15) is 19.4 Å². The van der Waals surface area contributed by atoms with E-state index in [1.807, 2.05) is 13.8 Å². The minimum Gasteiger partial charge on any atom is -0.314 e. The van der Waals surface area contributed by atoms with Gasteiger partial charge in [-0.3, -0.25) is 4.90 Å². The van der Waals surface area contributed by atoms with Gasteiger partial charge in [0.1, 0.15) is 11.6 Å². The zero-order valence-electron chi connectivity index (χ0n) is 10.3. The monoisotopic (exact) mass is 240 g/mol. The molecule has 17 heavy (non-hydrogen) atoms. The Balaban J connectivity index is 2.29. The Morgan fingerprint density at radius 2 is 1.59 bits per heavy atom. The largest absolute Gasteiger partial charge is 0.314 e. The van der Waals surface area contributed by atoms with E-state index in [9.17, 15) is 8.78 Å². The summed E-state index contributed by atoms with van der Waals surface area (Å²) in [6.07, 6.45) is 0. The highest BCUT2D eigenvalue weighted by atomic mass is 19.1. The van der Waals surface area contributed by atoms with Crippen molar-refractivity contribution in [1.82, 2.24) is 10.2 Å². The first-order valence-corrected chi connectivity index (χ1v) is 5.92. The first kappa shape index (κ1) is 12.5. The van der Waals surface area contributed by atoms with Crippen LogP contribution in [0, 0.1) is 11.6 Å². The molecule has 1 aromatic carbocycles. The number of rotatable bonds is 2. The van der Waals surface area contributed by atoms with E-state index < -0.39 is 11.6 Å². The zero-order chi connectivity index (χ0) is 12.5. The van der Waals surface area contributed by atoms with E-state index in [2.05, 4.69) is 10.2 Å². The van der Waals surface area contributed by atoms with Crippen LogP contribution in [-0.4, -0.2) is 31.1 Å². The number of halogens is 2. The third kappa shape index (κ3) is 2.64. The Kier molecular flexibility index (Phi) is 3.45. The van der Waals surface area contributed by atoms with Crippen molar-refractivity contribution in [2.75, 3.05) is 26.2 Å². The van der Waals surface area contributed by atoms with Crippen molar-refractivity contribution in [1.29, 1.82) is 0 Å². The molecule has 94 valence electrons. The van der Waals surface area contributed by atoms with Gasteiger partial charge in [-0.25, -0.2) is 8.78 Å². The van der Waals surface area contributed by atoms with Crippen LogP contribution >= 0.6 is 0 Å². The van der Waals surface area contributed by atoms with Gasteiger partial charge in [-0.2, -0.15) is 0 Å². The molecule has 1 aliphatic heterocycles. The smallest absolute Gasteiger partial charge is 0.126 e. The quantitative estimate of drug-likeness (QED) is 0.851. The zero-order valence-corrected chi connectivity index (χ0v) is 10.3. The lowest BCUT2D eigenvalue weighted by molar-refractivity contribution is 0.102. The fourth-order valence-corrected chi connectivity index (χ4v) is 2.31. The predicted molar refractivity (Wildman–Crippen MR) is 63.8 cm³/mol. The van der Waals surface area contributed by atoms with E-state index in [0.717, 1.165) is 32.2 Å². The van der Waals surface area contributed by atoms with Crippen molar-refractivity contribution in [3.63, 3.8) is 0 Å². The Hall–Kier alpha value is -1.00. The average Bonchev–Trinajstić information content (AvgIpc) is 2.29.